The number of nitrogens with one attached hydrogen (secondary N) is 1. The van der Waals surface area contributed by atoms with Gasteiger partial charge in [-0.15, -0.1) is 18.2 Å². The lowest BCUT2D eigenvalue weighted by Gasteiger charge is -2.12. The molecule has 0 aromatic carbocycles. The van der Waals surface area contributed by atoms with E-state index in [4.69, 9.17) is 17.3 Å². The molecule has 1 amide bonds. The maximum atomic E-state index is 11.3. The molecule has 0 fully saturated rings. The number of nitrogens with two attached hydrogens (primary N) is 1. The number of carbonyl (C=O) groups excluding carboxylic acids is 1. The van der Waals surface area contributed by atoms with Gasteiger partial charge in [0.2, 0.25) is 5.91 Å². The Kier molecular flexibility index (Phi) is 6.58. The summed E-state index contributed by atoms with van der Waals surface area (Å²) in [6.07, 6.45) is 4.97. The van der Waals surface area contributed by atoms with Crippen LogP contribution in [0, 0.1) is 12.3 Å². The van der Waals surface area contributed by atoms with E-state index >= 15 is 0 Å². The molecule has 0 saturated carbocycles. The first-order chi connectivity index (χ1) is 6.99. The van der Waals surface area contributed by atoms with Crippen LogP contribution in [-0.4, -0.2) is 40.6 Å². The molecule has 0 rings (SSSR count). The second-order valence-corrected chi connectivity index (χ2v) is 4.22. The smallest absolute Gasteiger partial charge is 0.321 e. The van der Waals surface area contributed by atoms with E-state index in [1.54, 1.807) is 6.92 Å². The quantitative estimate of drug-likeness (QED) is 0.523. The van der Waals surface area contributed by atoms with Gasteiger partial charge in [0.1, 0.15) is 6.04 Å². The number of carboxylic acid groups (broad SMARTS) is 1. The topological polar surface area (TPSA) is 92.4 Å². The average Bonchev–Trinajstić information content (AvgIpc) is 2.21. The Morgan fingerprint density at radius 1 is 1.67 bits per heavy atom. The van der Waals surface area contributed by atoms with Crippen molar-refractivity contribution in [3.8, 4) is 12.3 Å². The Hall–Kier alpha value is -1.19. The zero-order valence-corrected chi connectivity index (χ0v) is 9.21. The van der Waals surface area contributed by atoms with E-state index in [1.807, 2.05) is 0 Å². The molecule has 4 N–H and O–H groups in total. The third-order valence-electron chi connectivity index (χ3n) is 1.58. The Bertz CT molecular complexity index is 275. The molecule has 0 spiro atoms. The molecule has 2 atom stereocenters. The monoisotopic (exact) mass is 230 g/mol. The van der Waals surface area contributed by atoms with Gasteiger partial charge in [-0.05, 0) is 6.92 Å². The van der Waals surface area contributed by atoms with Gasteiger partial charge in [-0.3, -0.25) is 9.59 Å². The molecule has 0 aromatic rings. The second kappa shape index (κ2) is 7.15. The van der Waals surface area contributed by atoms with E-state index in [-0.39, 0.29) is 23.5 Å². The highest BCUT2D eigenvalue weighted by Crippen LogP contribution is 2.11. The van der Waals surface area contributed by atoms with Crippen molar-refractivity contribution in [2.24, 2.45) is 5.73 Å². The Morgan fingerprint density at radius 3 is 2.73 bits per heavy atom. The number of hydrogen-bond donors (Lipinski definition) is 3. The van der Waals surface area contributed by atoms with Gasteiger partial charge < -0.3 is 16.2 Å². The maximum absolute atomic E-state index is 11.3. The summed E-state index contributed by atoms with van der Waals surface area (Å²) in [7, 11) is 0. The highest BCUT2D eigenvalue weighted by Gasteiger charge is 2.17. The molecule has 0 aromatic heterocycles. The Morgan fingerprint density at radius 2 is 2.27 bits per heavy atom. The van der Waals surface area contributed by atoms with Crippen LogP contribution in [0.1, 0.15) is 6.92 Å². The van der Waals surface area contributed by atoms with Crippen LogP contribution < -0.4 is 11.1 Å². The number of carbonyl (C=O) groups is 2. The van der Waals surface area contributed by atoms with E-state index in [9.17, 15) is 9.59 Å². The van der Waals surface area contributed by atoms with Crippen molar-refractivity contribution in [3.05, 3.63) is 0 Å². The van der Waals surface area contributed by atoms with Gasteiger partial charge in [-0.2, -0.15) is 0 Å². The molecule has 0 bridgehead atoms. The third-order valence-corrected chi connectivity index (χ3v) is 2.84. The molecular weight excluding hydrogens is 216 g/mol. The standard InChI is InChI=1S/C9H14N2O3S/c1-3-4-11-8(12)6(2)15-5-7(10)9(13)14/h1,6-7H,4-5,10H2,2H3,(H,11,12)(H,13,14)/t6-,7+/m0/s1. The zero-order chi connectivity index (χ0) is 11.8. The lowest BCUT2D eigenvalue weighted by Crippen LogP contribution is -2.36. The summed E-state index contributed by atoms with van der Waals surface area (Å²) in [6, 6.07) is -0.946. The fraction of sp³-hybridized carbons (Fsp3) is 0.556. The summed E-state index contributed by atoms with van der Waals surface area (Å²) in [5, 5.41) is 10.7. The first kappa shape index (κ1) is 13.8. The predicted octanol–water partition coefficient (Wildman–Crippen LogP) is -0.731. The summed E-state index contributed by atoms with van der Waals surface area (Å²) in [5.41, 5.74) is 5.28. The number of amides is 1. The number of hydrogen-bond acceptors (Lipinski definition) is 4. The fourth-order valence-electron chi connectivity index (χ4n) is 0.677. The number of rotatable bonds is 6. The lowest BCUT2D eigenvalue weighted by molar-refractivity contribution is -0.138. The first-order valence-electron chi connectivity index (χ1n) is 4.30. The summed E-state index contributed by atoms with van der Waals surface area (Å²) in [4.78, 5) is 21.7. The minimum Gasteiger partial charge on any atom is -0.480 e. The van der Waals surface area contributed by atoms with Crippen molar-refractivity contribution in [2.45, 2.75) is 18.2 Å². The van der Waals surface area contributed by atoms with Crippen molar-refractivity contribution < 1.29 is 14.7 Å². The zero-order valence-electron chi connectivity index (χ0n) is 8.40. The molecule has 0 unspecified atom stereocenters. The summed E-state index contributed by atoms with van der Waals surface area (Å²) >= 11 is 1.18. The van der Waals surface area contributed by atoms with Crippen molar-refractivity contribution in [2.75, 3.05) is 12.3 Å². The first-order valence-corrected chi connectivity index (χ1v) is 5.35. The number of carboxylic acids is 1. The van der Waals surface area contributed by atoms with Gasteiger partial charge in [0, 0.05) is 5.75 Å². The molecule has 84 valence electrons. The van der Waals surface area contributed by atoms with Crippen LogP contribution in [0.3, 0.4) is 0 Å². The highest BCUT2D eigenvalue weighted by molar-refractivity contribution is 8.00. The second-order valence-electron chi connectivity index (χ2n) is 2.84. The molecule has 0 saturated heterocycles. The van der Waals surface area contributed by atoms with Crippen LogP contribution in [0.2, 0.25) is 0 Å². The lowest BCUT2D eigenvalue weighted by atomic mass is 10.4. The SMILES string of the molecule is C#CCNC(=O)[C@H](C)SC[C@@H](N)C(=O)O. The summed E-state index contributed by atoms with van der Waals surface area (Å²) in [5.74, 6) is 1.19. The van der Waals surface area contributed by atoms with Crippen LogP contribution in [-0.2, 0) is 9.59 Å². The molecule has 6 heteroatoms. The molecule has 15 heavy (non-hydrogen) atoms. The van der Waals surface area contributed by atoms with Gasteiger partial charge in [0.15, 0.2) is 0 Å². The molecule has 0 radical (unpaired) electrons. The predicted molar refractivity (Wildman–Crippen MR) is 59.4 cm³/mol. The van der Waals surface area contributed by atoms with Crippen LogP contribution in [0.4, 0.5) is 0 Å². The van der Waals surface area contributed by atoms with Gasteiger partial charge in [-0.1, -0.05) is 5.92 Å². The minimum atomic E-state index is -1.07. The van der Waals surface area contributed by atoms with Gasteiger partial charge in [-0.25, -0.2) is 0 Å². The molecular formula is C9H14N2O3S. The summed E-state index contributed by atoms with van der Waals surface area (Å²) in [6.45, 7) is 1.85. The van der Waals surface area contributed by atoms with Crippen LogP contribution in [0.25, 0.3) is 0 Å². The normalized spacial score (nSPS) is 13.7. The van der Waals surface area contributed by atoms with Gasteiger partial charge >= 0.3 is 5.97 Å². The molecule has 0 aliphatic carbocycles. The van der Waals surface area contributed by atoms with Gasteiger partial charge in [0.05, 0.1) is 11.8 Å². The van der Waals surface area contributed by atoms with E-state index in [1.165, 1.54) is 11.8 Å². The number of aliphatic carboxylic acids is 1. The van der Waals surface area contributed by atoms with Crippen LogP contribution in [0.5, 0.6) is 0 Å². The Labute approximate surface area is 92.8 Å². The number of terminal acetylenes is 1. The molecule has 5 nitrogen and oxygen atoms in total. The van der Waals surface area contributed by atoms with E-state index < -0.39 is 12.0 Å². The minimum absolute atomic E-state index is 0.175. The average molecular weight is 230 g/mol. The molecule has 0 aliphatic rings. The van der Waals surface area contributed by atoms with Crippen molar-refractivity contribution in [3.63, 3.8) is 0 Å². The molecule has 0 heterocycles. The van der Waals surface area contributed by atoms with Crippen molar-refractivity contribution >= 4 is 23.6 Å². The summed E-state index contributed by atoms with van der Waals surface area (Å²) < 4.78 is 0. The Balaban J connectivity index is 3.83. The van der Waals surface area contributed by atoms with E-state index in [0.717, 1.165) is 0 Å². The van der Waals surface area contributed by atoms with E-state index in [0.29, 0.717) is 0 Å². The van der Waals surface area contributed by atoms with Crippen molar-refractivity contribution in [1.82, 2.24) is 5.32 Å². The molecule has 0 aliphatic heterocycles. The highest BCUT2D eigenvalue weighted by atomic mass is 32.2. The van der Waals surface area contributed by atoms with Crippen molar-refractivity contribution in [1.29, 1.82) is 0 Å². The van der Waals surface area contributed by atoms with Crippen LogP contribution >= 0.6 is 11.8 Å². The third kappa shape index (κ3) is 5.99. The van der Waals surface area contributed by atoms with E-state index in [2.05, 4.69) is 11.2 Å². The maximum Gasteiger partial charge on any atom is 0.321 e. The van der Waals surface area contributed by atoms with Gasteiger partial charge in [0.25, 0.3) is 0 Å². The van der Waals surface area contributed by atoms with Crippen LogP contribution in [0.15, 0.2) is 0 Å². The largest absolute Gasteiger partial charge is 0.480 e. The fourth-order valence-corrected chi connectivity index (χ4v) is 1.55. The number of thioether (sulfide) groups is 1.